The van der Waals surface area contributed by atoms with Gasteiger partial charge in [0.05, 0.1) is 12.3 Å². The zero-order chi connectivity index (χ0) is 18.1. The van der Waals surface area contributed by atoms with Gasteiger partial charge in [-0.15, -0.1) is 0 Å². The maximum absolute atomic E-state index is 5.35. The zero-order valence-electron chi connectivity index (χ0n) is 15.7. The molecule has 2 N–H and O–H groups in total. The number of hydrogen-bond acceptors (Lipinski definition) is 3. The van der Waals surface area contributed by atoms with Gasteiger partial charge in [-0.3, -0.25) is 4.99 Å². The first kappa shape index (κ1) is 19.1. The van der Waals surface area contributed by atoms with E-state index < -0.39 is 0 Å². The standard InChI is InChI=1S/C20H30N4O/c1-5-16-8-10-17(11-9-16)19(24(3)4)15-23-20(21-2)22-13-12-18-7-6-14-25-18/h6-11,14,19H,5,12-13,15H2,1-4H3,(H2,21,22,23). The molecule has 0 saturated heterocycles. The summed E-state index contributed by atoms with van der Waals surface area (Å²) in [6.07, 6.45) is 3.61. The largest absolute Gasteiger partial charge is 0.469 e. The number of nitrogens with one attached hydrogen (secondary N) is 2. The van der Waals surface area contributed by atoms with Crippen LogP contribution >= 0.6 is 0 Å². The average Bonchev–Trinajstić information content (AvgIpc) is 3.14. The van der Waals surface area contributed by atoms with Crippen molar-refractivity contribution in [2.24, 2.45) is 4.99 Å². The molecule has 0 saturated carbocycles. The highest BCUT2D eigenvalue weighted by molar-refractivity contribution is 5.79. The third kappa shape index (κ3) is 5.94. The van der Waals surface area contributed by atoms with E-state index >= 15 is 0 Å². The highest BCUT2D eigenvalue weighted by Crippen LogP contribution is 2.18. The number of rotatable bonds is 8. The number of benzene rings is 1. The van der Waals surface area contributed by atoms with Crippen LogP contribution in [0.15, 0.2) is 52.1 Å². The fraction of sp³-hybridized carbons (Fsp3) is 0.450. The predicted molar refractivity (Wildman–Crippen MR) is 104 cm³/mol. The van der Waals surface area contributed by atoms with E-state index in [0.717, 1.165) is 37.7 Å². The van der Waals surface area contributed by atoms with Crippen LogP contribution in [0, 0.1) is 0 Å². The summed E-state index contributed by atoms with van der Waals surface area (Å²) in [7, 11) is 6.00. The third-order valence-electron chi connectivity index (χ3n) is 4.33. The Kier molecular flexibility index (Phi) is 7.54. The van der Waals surface area contributed by atoms with Crippen LogP contribution in [0.3, 0.4) is 0 Å². The number of nitrogens with zero attached hydrogens (tertiary/aromatic N) is 2. The minimum atomic E-state index is 0.287. The van der Waals surface area contributed by atoms with Crippen LogP contribution in [0.25, 0.3) is 0 Å². The second-order valence-electron chi connectivity index (χ2n) is 6.28. The van der Waals surface area contributed by atoms with Gasteiger partial charge in [0.2, 0.25) is 0 Å². The Morgan fingerprint density at radius 3 is 2.48 bits per heavy atom. The summed E-state index contributed by atoms with van der Waals surface area (Å²) in [4.78, 5) is 6.53. The van der Waals surface area contributed by atoms with Gasteiger partial charge in [0.25, 0.3) is 0 Å². The van der Waals surface area contributed by atoms with Crippen LogP contribution in [-0.2, 0) is 12.8 Å². The van der Waals surface area contributed by atoms with Crippen molar-refractivity contribution in [3.8, 4) is 0 Å². The van der Waals surface area contributed by atoms with Gasteiger partial charge in [-0.25, -0.2) is 0 Å². The van der Waals surface area contributed by atoms with Crippen LogP contribution < -0.4 is 10.6 Å². The first-order chi connectivity index (χ1) is 12.1. The van der Waals surface area contributed by atoms with E-state index in [1.807, 2.05) is 12.1 Å². The minimum Gasteiger partial charge on any atom is -0.469 e. The number of aryl methyl sites for hydroxylation is 1. The van der Waals surface area contributed by atoms with Crippen molar-refractivity contribution >= 4 is 5.96 Å². The molecule has 1 aromatic heterocycles. The molecule has 5 heteroatoms. The first-order valence-corrected chi connectivity index (χ1v) is 8.86. The van der Waals surface area contributed by atoms with Crippen LogP contribution in [0.2, 0.25) is 0 Å². The van der Waals surface area contributed by atoms with Crippen LogP contribution in [0.1, 0.15) is 29.9 Å². The van der Waals surface area contributed by atoms with Crippen molar-refractivity contribution in [2.45, 2.75) is 25.8 Å². The second kappa shape index (κ2) is 9.89. The highest BCUT2D eigenvalue weighted by atomic mass is 16.3. The molecule has 5 nitrogen and oxygen atoms in total. The number of likely N-dealkylation sites (N-methyl/N-ethyl adjacent to an activating group) is 1. The van der Waals surface area contributed by atoms with Gasteiger partial charge in [0, 0.05) is 26.6 Å². The molecule has 1 heterocycles. The highest BCUT2D eigenvalue weighted by Gasteiger charge is 2.14. The summed E-state index contributed by atoms with van der Waals surface area (Å²) in [5.74, 6) is 1.79. The number of aliphatic imine (C=N–C) groups is 1. The fourth-order valence-corrected chi connectivity index (χ4v) is 2.75. The molecule has 0 aliphatic heterocycles. The molecule has 0 bridgehead atoms. The molecular formula is C20H30N4O. The lowest BCUT2D eigenvalue weighted by Crippen LogP contribution is -2.42. The molecule has 2 aromatic rings. The van der Waals surface area contributed by atoms with Crippen LogP contribution in [-0.4, -0.2) is 45.1 Å². The molecule has 136 valence electrons. The van der Waals surface area contributed by atoms with Gasteiger partial charge in [0.1, 0.15) is 5.76 Å². The normalized spacial score (nSPS) is 13.1. The van der Waals surface area contributed by atoms with E-state index in [9.17, 15) is 0 Å². The molecule has 1 atom stereocenters. The van der Waals surface area contributed by atoms with Crippen molar-refractivity contribution in [2.75, 3.05) is 34.2 Å². The summed E-state index contributed by atoms with van der Waals surface area (Å²) in [5.41, 5.74) is 2.67. The van der Waals surface area contributed by atoms with Crippen molar-refractivity contribution in [3.63, 3.8) is 0 Å². The molecule has 1 aromatic carbocycles. The van der Waals surface area contributed by atoms with Gasteiger partial charge in [-0.05, 0) is 43.8 Å². The van der Waals surface area contributed by atoms with E-state index in [1.165, 1.54) is 11.1 Å². The van der Waals surface area contributed by atoms with Gasteiger partial charge in [0.15, 0.2) is 5.96 Å². The molecule has 0 spiro atoms. The molecule has 0 aliphatic rings. The summed E-state index contributed by atoms with van der Waals surface area (Å²) in [5, 5.41) is 6.76. The topological polar surface area (TPSA) is 52.8 Å². The lowest BCUT2D eigenvalue weighted by atomic mass is 10.0. The maximum atomic E-state index is 5.35. The monoisotopic (exact) mass is 342 g/mol. The molecule has 0 fully saturated rings. The molecule has 2 rings (SSSR count). The Labute approximate surface area is 151 Å². The van der Waals surface area contributed by atoms with E-state index in [4.69, 9.17) is 4.42 Å². The van der Waals surface area contributed by atoms with Crippen LogP contribution in [0.5, 0.6) is 0 Å². The van der Waals surface area contributed by atoms with Crippen molar-refractivity contribution in [3.05, 3.63) is 59.5 Å². The van der Waals surface area contributed by atoms with Gasteiger partial charge in [-0.1, -0.05) is 31.2 Å². The smallest absolute Gasteiger partial charge is 0.191 e. The van der Waals surface area contributed by atoms with Crippen LogP contribution in [0.4, 0.5) is 0 Å². The van der Waals surface area contributed by atoms with Gasteiger partial charge in [-0.2, -0.15) is 0 Å². The molecule has 25 heavy (non-hydrogen) atoms. The quantitative estimate of drug-likeness (QED) is 0.572. The summed E-state index contributed by atoms with van der Waals surface area (Å²) >= 11 is 0. The molecular weight excluding hydrogens is 312 g/mol. The Morgan fingerprint density at radius 1 is 1.16 bits per heavy atom. The van der Waals surface area contributed by atoms with Crippen molar-refractivity contribution in [1.29, 1.82) is 0 Å². The number of furan rings is 1. The van der Waals surface area contributed by atoms with E-state index in [-0.39, 0.29) is 6.04 Å². The minimum absolute atomic E-state index is 0.287. The second-order valence-corrected chi connectivity index (χ2v) is 6.28. The lowest BCUT2D eigenvalue weighted by Gasteiger charge is -2.26. The van der Waals surface area contributed by atoms with Gasteiger partial charge < -0.3 is 20.0 Å². The van der Waals surface area contributed by atoms with E-state index in [2.05, 4.69) is 65.8 Å². The van der Waals surface area contributed by atoms with Crippen molar-refractivity contribution < 1.29 is 4.42 Å². The first-order valence-electron chi connectivity index (χ1n) is 8.86. The summed E-state index contributed by atoms with van der Waals surface area (Å²) < 4.78 is 5.35. The zero-order valence-corrected chi connectivity index (χ0v) is 15.7. The molecule has 0 radical (unpaired) electrons. The third-order valence-corrected chi connectivity index (χ3v) is 4.33. The number of hydrogen-bond donors (Lipinski definition) is 2. The summed E-state index contributed by atoms with van der Waals surface area (Å²) in [6, 6.07) is 13.0. The Morgan fingerprint density at radius 2 is 1.92 bits per heavy atom. The summed E-state index contributed by atoms with van der Waals surface area (Å²) in [6.45, 7) is 3.75. The Hall–Kier alpha value is -2.27. The average molecular weight is 342 g/mol. The Balaban J connectivity index is 1.87. The number of guanidine groups is 1. The SMILES string of the molecule is CCc1ccc(C(CNC(=NC)NCCc2ccco2)N(C)C)cc1. The maximum Gasteiger partial charge on any atom is 0.191 e. The Bertz CT molecular complexity index is 632. The van der Waals surface area contributed by atoms with Crippen molar-refractivity contribution in [1.82, 2.24) is 15.5 Å². The van der Waals surface area contributed by atoms with Gasteiger partial charge >= 0.3 is 0 Å². The molecule has 0 amide bonds. The predicted octanol–water partition coefficient (Wildman–Crippen LogP) is 2.85. The van der Waals surface area contributed by atoms with E-state index in [0.29, 0.717) is 0 Å². The molecule has 0 aliphatic carbocycles. The van der Waals surface area contributed by atoms with E-state index in [1.54, 1.807) is 13.3 Å². The fourth-order valence-electron chi connectivity index (χ4n) is 2.75. The lowest BCUT2D eigenvalue weighted by molar-refractivity contribution is 0.298. The molecule has 1 unspecified atom stereocenters.